The molecule has 3 nitrogen and oxygen atoms in total. The molecule has 1 aromatic heterocycles. The van der Waals surface area contributed by atoms with Crippen molar-refractivity contribution >= 4 is 29.0 Å². The highest BCUT2D eigenvalue weighted by Gasteiger charge is 2.37. The first-order valence-corrected chi connectivity index (χ1v) is 6.22. The average Bonchev–Trinajstić information content (AvgIpc) is 2.62. The summed E-state index contributed by atoms with van der Waals surface area (Å²) >= 11 is 7.00. The molecule has 0 radical (unpaired) electrons. The highest BCUT2D eigenvalue weighted by atomic mass is 35.5. The van der Waals surface area contributed by atoms with E-state index >= 15 is 0 Å². The Morgan fingerprint density at radius 3 is 2.61 bits per heavy atom. The predicted octanol–water partition coefficient (Wildman–Crippen LogP) is 3.49. The van der Waals surface area contributed by atoms with Crippen LogP contribution >= 0.6 is 22.9 Å². The molecular weight excluding hydrogens is 289 g/mol. The van der Waals surface area contributed by atoms with Gasteiger partial charge in [0.1, 0.15) is 6.04 Å². The third kappa shape index (κ3) is 4.38. The number of nitrogens with zero attached hydrogens (tertiary/aromatic N) is 1. The lowest BCUT2D eigenvalue weighted by Gasteiger charge is -2.22. The third-order valence-corrected chi connectivity index (χ3v) is 3.42. The van der Waals surface area contributed by atoms with Crippen molar-refractivity contribution in [3.05, 3.63) is 21.3 Å². The fraction of sp³-hybridized carbons (Fsp3) is 0.500. The first kappa shape index (κ1) is 15.1. The summed E-state index contributed by atoms with van der Waals surface area (Å²) in [4.78, 5) is 13.5. The maximum atomic E-state index is 12.3. The third-order valence-electron chi connectivity index (χ3n) is 2.20. The number of urea groups is 1. The zero-order valence-corrected chi connectivity index (χ0v) is 11.3. The van der Waals surface area contributed by atoms with E-state index in [1.54, 1.807) is 12.1 Å². The number of hydrogen-bond acceptors (Lipinski definition) is 2. The van der Waals surface area contributed by atoms with Crippen molar-refractivity contribution in [1.29, 1.82) is 0 Å². The summed E-state index contributed by atoms with van der Waals surface area (Å²) in [5, 5.41) is 1.88. The molecular formula is C10H12ClF3N2OS. The maximum absolute atomic E-state index is 12.3. The topological polar surface area (TPSA) is 32.3 Å². The molecule has 0 aliphatic carbocycles. The number of thiophene rings is 1. The van der Waals surface area contributed by atoms with E-state index < -0.39 is 18.2 Å². The van der Waals surface area contributed by atoms with Crippen molar-refractivity contribution in [2.75, 3.05) is 7.05 Å². The summed E-state index contributed by atoms with van der Waals surface area (Å²) in [5.74, 6) is 0. The van der Waals surface area contributed by atoms with Crippen molar-refractivity contribution in [3.8, 4) is 0 Å². The molecule has 0 unspecified atom stereocenters. The van der Waals surface area contributed by atoms with E-state index in [1.807, 2.05) is 5.32 Å². The van der Waals surface area contributed by atoms with Crippen LogP contribution in [0.3, 0.4) is 0 Å². The summed E-state index contributed by atoms with van der Waals surface area (Å²) in [6.07, 6.45) is -4.44. The zero-order chi connectivity index (χ0) is 13.9. The highest BCUT2D eigenvalue weighted by molar-refractivity contribution is 7.16. The lowest BCUT2D eigenvalue weighted by Crippen LogP contribution is -2.47. The highest BCUT2D eigenvalue weighted by Crippen LogP contribution is 2.23. The van der Waals surface area contributed by atoms with Crippen LogP contribution in [0.5, 0.6) is 0 Å². The van der Waals surface area contributed by atoms with Crippen LogP contribution in [0.2, 0.25) is 4.34 Å². The van der Waals surface area contributed by atoms with E-state index in [4.69, 9.17) is 11.6 Å². The van der Waals surface area contributed by atoms with Crippen LogP contribution in [-0.4, -0.2) is 30.2 Å². The Kier molecular flexibility index (Phi) is 4.86. The molecule has 18 heavy (non-hydrogen) atoms. The lowest BCUT2D eigenvalue weighted by atomic mass is 10.3. The van der Waals surface area contributed by atoms with Gasteiger partial charge in [-0.3, -0.25) is 0 Å². The first-order valence-electron chi connectivity index (χ1n) is 5.02. The predicted molar refractivity (Wildman–Crippen MR) is 64.8 cm³/mol. The molecule has 0 aromatic carbocycles. The van der Waals surface area contributed by atoms with Gasteiger partial charge in [-0.25, -0.2) is 4.79 Å². The SMILES string of the molecule is C[C@@H](NC(=O)N(C)Cc1ccc(Cl)s1)C(F)(F)F. The number of nitrogens with one attached hydrogen (secondary N) is 1. The van der Waals surface area contributed by atoms with Crippen LogP contribution in [0, 0.1) is 0 Å². The van der Waals surface area contributed by atoms with Gasteiger partial charge in [-0.15, -0.1) is 11.3 Å². The van der Waals surface area contributed by atoms with Gasteiger partial charge in [-0.2, -0.15) is 13.2 Å². The fourth-order valence-corrected chi connectivity index (χ4v) is 2.26. The Morgan fingerprint density at radius 2 is 2.17 bits per heavy atom. The van der Waals surface area contributed by atoms with Crippen molar-refractivity contribution in [2.45, 2.75) is 25.7 Å². The van der Waals surface area contributed by atoms with Crippen LogP contribution in [0.25, 0.3) is 0 Å². The first-order chi connectivity index (χ1) is 8.20. The van der Waals surface area contributed by atoms with Gasteiger partial charge in [0.25, 0.3) is 0 Å². The van der Waals surface area contributed by atoms with Gasteiger partial charge >= 0.3 is 12.2 Å². The van der Waals surface area contributed by atoms with Gasteiger partial charge in [-0.05, 0) is 19.1 Å². The number of carbonyl (C=O) groups excluding carboxylic acids is 1. The summed E-state index contributed by atoms with van der Waals surface area (Å²) in [5.41, 5.74) is 0. The smallest absolute Gasteiger partial charge is 0.326 e. The quantitative estimate of drug-likeness (QED) is 0.910. The molecule has 0 aliphatic rings. The minimum atomic E-state index is -4.44. The number of alkyl halides is 3. The van der Waals surface area contributed by atoms with Crippen LogP contribution in [0.4, 0.5) is 18.0 Å². The van der Waals surface area contributed by atoms with Crippen LogP contribution in [0.1, 0.15) is 11.8 Å². The van der Waals surface area contributed by atoms with E-state index in [9.17, 15) is 18.0 Å². The van der Waals surface area contributed by atoms with Crippen molar-refractivity contribution in [1.82, 2.24) is 10.2 Å². The van der Waals surface area contributed by atoms with Gasteiger partial charge in [0.05, 0.1) is 10.9 Å². The molecule has 1 atom stereocenters. The molecule has 0 bridgehead atoms. The summed E-state index contributed by atoms with van der Waals surface area (Å²) in [7, 11) is 1.42. The average molecular weight is 301 g/mol. The second kappa shape index (κ2) is 5.79. The Bertz CT molecular complexity index is 422. The number of rotatable bonds is 3. The molecule has 0 fully saturated rings. The number of carbonyl (C=O) groups is 1. The van der Waals surface area contributed by atoms with Gasteiger partial charge < -0.3 is 10.2 Å². The summed E-state index contributed by atoms with van der Waals surface area (Å²) in [6, 6.07) is 0.749. The molecule has 1 aromatic rings. The van der Waals surface area contributed by atoms with Gasteiger partial charge in [0.2, 0.25) is 0 Å². The monoisotopic (exact) mass is 300 g/mol. The van der Waals surface area contributed by atoms with E-state index in [2.05, 4.69) is 0 Å². The molecule has 2 amide bonds. The molecule has 0 saturated carbocycles. The van der Waals surface area contributed by atoms with Gasteiger partial charge in [0, 0.05) is 11.9 Å². The molecule has 102 valence electrons. The van der Waals surface area contributed by atoms with Gasteiger partial charge in [-0.1, -0.05) is 11.6 Å². The maximum Gasteiger partial charge on any atom is 0.408 e. The molecule has 1 N–H and O–H groups in total. The summed E-state index contributed by atoms with van der Waals surface area (Å²) < 4.78 is 37.3. The largest absolute Gasteiger partial charge is 0.408 e. The van der Waals surface area contributed by atoms with Crippen molar-refractivity contribution in [2.24, 2.45) is 0 Å². The molecule has 8 heteroatoms. The molecule has 1 rings (SSSR count). The van der Waals surface area contributed by atoms with E-state index in [0.29, 0.717) is 4.34 Å². The molecule has 1 heterocycles. The minimum absolute atomic E-state index is 0.216. The lowest BCUT2D eigenvalue weighted by molar-refractivity contribution is -0.149. The van der Waals surface area contributed by atoms with Crippen LogP contribution in [-0.2, 0) is 6.54 Å². The Hall–Kier alpha value is -0.950. The normalized spacial score (nSPS) is 13.2. The fourth-order valence-electron chi connectivity index (χ4n) is 1.12. The molecule has 0 aliphatic heterocycles. The van der Waals surface area contributed by atoms with Crippen LogP contribution < -0.4 is 5.32 Å². The van der Waals surface area contributed by atoms with Gasteiger partial charge in [0.15, 0.2) is 0 Å². The van der Waals surface area contributed by atoms with Crippen LogP contribution in [0.15, 0.2) is 12.1 Å². The second-order valence-electron chi connectivity index (χ2n) is 3.77. The van der Waals surface area contributed by atoms with E-state index in [-0.39, 0.29) is 6.54 Å². The summed E-state index contributed by atoms with van der Waals surface area (Å²) in [6.45, 7) is 1.11. The Labute approximate surface area is 112 Å². The van der Waals surface area contributed by atoms with Crippen molar-refractivity contribution in [3.63, 3.8) is 0 Å². The molecule has 0 saturated heterocycles. The van der Waals surface area contributed by atoms with Crippen molar-refractivity contribution < 1.29 is 18.0 Å². The Morgan fingerprint density at radius 1 is 1.56 bits per heavy atom. The zero-order valence-electron chi connectivity index (χ0n) is 9.71. The van der Waals surface area contributed by atoms with E-state index in [0.717, 1.165) is 11.8 Å². The minimum Gasteiger partial charge on any atom is -0.326 e. The number of amides is 2. The van der Waals surface area contributed by atoms with E-state index in [1.165, 1.54) is 23.3 Å². The Balaban J connectivity index is 2.52. The standard InChI is InChI=1S/C10H12ClF3N2OS/c1-6(10(12,13)14)15-9(17)16(2)5-7-3-4-8(11)18-7/h3-4,6H,5H2,1-2H3,(H,15,17)/t6-/m1/s1. The molecule has 0 spiro atoms. The number of halogens is 4. The number of hydrogen-bond donors (Lipinski definition) is 1. The second-order valence-corrected chi connectivity index (χ2v) is 5.57.